The van der Waals surface area contributed by atoms with Crippen LogP contribution in [0.1, 0.15) is 16.1 Å². The van der Waals surface area contributed by atoms with E-state index < -0.39 is 23.2 Å². The molecule has 0 aliphatic carbocycles. The van der Waals surface area contributed by atoms with E-state index in [-0.39, 0.29) is 5.56 Å². The third-order valence-corrected chi connectivity index (χ3v) is 2.23. The molecule has 1 aromatic heterocycles. The minimum atomic E-state index is -0.685. The summed E-state index contributed by atoms with van der Waals surface area (Å²) in [5, 5.41) is 31.3. The predicted octanol–water partition coefficient (Wildman–Crippen LogP) is 1.16. The Labute approximate surface area is 107 Å². The Morgan fingerprint density at radius 1 is 1.26 bits per heavy atom. The Balaban J connectivity index is 2.08. The molecule has 98 valence electrons. The van der Waals surface area contributed by atoms with Crippen molar-refractivity contribution in [1.82, 2.24) is 5.43 Å². The van der Waals surface area contributed by atoms with Crippen molar-refractivity contribution in [3.8, 4) is 17.2 Å². The first-order valence-corrected chi connectivity index (χ1v) is 5.20. The van der Waals surface area contributed by atoms with Gasteiger partial charge in [0.05, 0.1) is 12.5 Å². The fourth-order valence-corrected chi connectivity index (χ4v) is 1.32. The number of benzene rings is 1. The van der Waals surface area contributed by atoms with Crippen LogP contribution >= 0.6 is 0 Å². The largest absolute Gasteiger partial charge is 0.504 e. The maximum absolute atomic E-state index is 11.6. The van der Waals surface area contributed by atoms with Crippen LogP contribution in [-0.4, -0.2) is 27.4 Å². The second-order valence-corrected chi connectivity index (χ2v) is 3.58. The number of phenolic OH excluding ortho intramolecular Hbond substituents is 3. The summed E-state index contributed by atoms with van der Waals surface area (Å²) in [6, 6.07) is 5.33. The number of aromatic hydroxyl groups is 3. The maximum Gasteiger partial charge on any atom is 0.271 e. The molecule has 0 aliphatic heterocycles. The van der Waals surface area contributed by atoms with E-state index >= 15 is 0 Å². The number of carbonyl (C=O) groups is 1. The number of furan rings is 1. The Morgan fingerprint density at radius 3 is 2.53 bits per heavy atom. The number of phenols is 3. The van der Waals surface area contributed by atoms with Gasteiger partial charge in [0.15, 0.2) is 17.2 Å². The van der Waals surface area contributed by atoms with E-state index in [0.717, 1.165) is 12.1 Å². The molecule has 4 N–H and O–H groups in total. The second-order valence-electron chi connectivity index (χ2n) is 3.58. The van der Waals surface area contributed by atoms with E-state index in [1.807, 2.05) is 0 Å². The van der Waals surface area contributed by atoms with E-state index in [1.54, 1.807) is 12.1 Å². The van der Waals surface area contributed by atoms with E-state index in [0.29, 0.717) is 5.76 Å². The summed E-state index contributed by atoms with van der Waals surface area (Å²) < 4.78 is 4.96. The zero-order valence-electron chi connectivity index (χ0n) is 9.57. The van der Waals surface area contributed by atoms with Crippen LogP contribution in [0.4, 0.5) is 0 Å². The van der Waals surface area contributed by atoms with Gasteiger partial charge in [0.2, 0.25) is 0 Å². The highest BCUT2D eigenvalue weighted by Gasteiger charge is 2.12. The van der Waals surface area contributed by atoms with Gasteiger partial charge in [-0.3, -0.25) is 4.79 Å². The fourth-order valence-electron chi connectivity index (χ4n) is 1.32. The topological polar surface area (TPSA) is 115 Å². The molecule has 7 nitrogen and oxygen atoms in total. The molecular formula is C12H10N2O5. The number of rotatable bonds is 3. The van der Waals surface area contributed by atoms with Gasteiger partial charge >= 0.3 is 0 Å². The molecule has 0 fully saturated rings. The van der Waals surface area contributed by atoms with Gasteiger partial charge in [0, 0.05) is 5.56 Å². The van der Waals surface area contributed by atoms with Gasteiger partial charge in [-0.15, -0.1) is 0 Å². The van der Waals surface area contributed by atoms with Crippen LogP contribution in [0.5, 0.6) is 17.2 Å². The lowest BCUT2D eigenvalue weighted by Crippen LogP contribution is -2.17. The molecule has 7 heteroatoms. The number of amides is 1. The summed E-state index contributed by atoms with van der Waals surface area (Å²) >= 11 is 0. The third-order valence-electron chi connectivity index (χ3n) is 2.23. The molecule has 1 heterocycles. The zero-order valence-corrected chi connectivity index (χ0v) is 9.57. The van der Waals surface area contributed by atoms with Crippen molar-refractivity contribution in [2.24, 2.45) is 5.10 Å². The third kappa shape index (κ3) is 2.83. The summed E-state index contributed by atoms with van der Waals surface area (Å²) in [7, 11) is 0. The Bertz CT molecular complexity index is 596. The summed E-state index contributed by atoms with van der Waals surface area (Å²) in [5.41, 5.74) is 2.13. The van der Waals surface area contributed by atoms with Crippen molar-refractivity contribution >= 4 is 12.1 Å². The highest BCUT2D eigenvalue weighted by Crippen LogP contribution is 2.35. The molecule has 2 rings (SSSR count). The molecule has 0 saturated carbocycles. The second kappa shape index (κ2) is 5.13. The normalized spacial score (nSPS) is 10.7. The summed E-state index contributed by atoms with van der Waals surface area (Å²) in [6.07, 6.45) is 2.75. The van der Waals surface area contributed by atoms with Crippen molar-refractivity contribution in [3.05, 3.63) is 41.9 Å². The van der Waals surface area contributed by atoms with Crippen molar-refractivity contribution < 1.29 is 24.5 Å². The minimum absolute atomic E-state index is 0.0515. The van der Waals surface area contributed by atoms with Gasteiger partial charge < -0.3 is 19.7 Å². The summed E-state index contributed by atoms with van der Waals surface area (Å²) in [4.78, 5) is 11.6. The molecule has 0 unspecified atom stereocenters. The first kappa shape index (κ1) is 12.5. The number of nitrogens with one attached hydrogen (secondary N) is 1. The van der Waals surface area contributed by atoms with Crippen LogP contribution in [-0.2, 0) is 0 Å². The van der Waals surface area contributed by atoms with Crippen LogP contribution in [0, 0.1) is 0 Å². The predicted molar refractivity (Wildman–Crippen MR) is 65.2 cm³/mol. The van der Waals surface area contributed by atoms with E-state index in [2.05, 4.69) is 10.5 Å². The molecule has 0 bridgehead atoms. The molecule has 1 aromatic carbocycles. The summed E-state index contributed by atoms with van der Waals surface area (Å²) in [5.74, 6) is -2.08. The smallest absolute Gasteiger partial charge is 0.271 e. The van der Waals surface area contributed by atoms with Crippen molar-refractivity contribution in [3.63, 3.8) is 0 Å². The number of carbonyl (C=O) groups excluding carboxylic acids is 1. The average Bonchev–Trinajstić information content (AvgIpc) is 2.88. The van der Waals surface area contributed by atoms with E-state index in [9.17, 15) is 15.0 Å². The number of nitrogens with zero attached hydrogens (tertiary/aromatic N) is 1. The molecule has 0 spiro atoms. The van der Waals surface area contributed by atoms with Gasteiger partial charge in [-0.2, -0.15) is 5.10 Å². The first-order chi connectivity index (χ1) is 9.08. The monoisotopic (exact) mass is 262 g/mol. The van der Waals surface area contributed by atoms with E-state index in [1.165, 1.54) is 12.5 Å². The first-order valence-electron chi connectivity index (χ1n) is 5.20. The standard InChI is InChI=1S/C12H10N2O5/c15-9-4-7(5-10(16)11(9)17)12(18)14-13-6-8-2-1-3-19-8/h1-6,15-17H,(H,14,18)/b13-6+. The minimum Gasteiger partial charge on any atom is -0.504 e. The maximum atomic E-state index is 11.6. The Morgan fingerprint density at radius 2 is 1.95 bits per heavy atom. The molecule has 0 aliphatic rings. The van der Waals surface area contributed by atoms with Crippen molar-refractivity contribution in [2.75, 3.05) is 0 Å². The molecule has 19 heavy (non-hydrogen) atoms. The van der Waals surface area contributed by atoms with Gasteiger partial charge in [0.25, 0.3) is 5.91 Å². The van der Waals surface area contributed by atoms with Crippen LogP contribution in [0.2, 0.25) is 0 Å². The number of hydrazone groups is 1. The highest BCUT2D eigenvalue weighted by atomic mass is 16.3. The van der Waals surface area contributed by atoms with Gasteiger partial charge in [-0.25, -0.2) is 5.43 Å². The SMILES string of the molecule is O=C(N/N=C/c1ccco1)c1cc(O)c(O)c(O)c1. The molecule has 0 atom stereocenters. The highest BCUT2D eigenvalue weighted by molar-refractivity contribution is 5.96. The zero-order chi connectivity index (χ0) is 13.8. The van der Waals surface area contributed by atoms with Crippen LogP contribution in [0.3, 0.4) is 0 Å². The Kier molecular flexibility index (Phi) is 3.37. The van der Waals surface area contributed by atoms with Gasteiger partial charge in [0.1, 0.15) is 5.76 Å². The number of hydrogen-bond acceptors (Lipinski definition) is 6. The molecule has 2 aromatic rings. The van der Waals surface area contributed by atoms with Crippen LogP contribution in [0.15, 0.2) is 40.0 Å². The summed E-state index contributed by atoms with van der Waals surface area (Å²) in [6.45, 7) is 0. The van der Waals surface area contributed by atoms with E-state index in [4.69, 9.17) is 9.52 Å². The molecule has 0 saturated heterocycles. The van der Waals surface area contributed by atoms with Crippen molar-refractivity contribution in [1.29, 1.82) is 0 Å². The molecule has 0 radical (unpaired) electrons. The lowest BCUT2D eigenvalue weighted by atomic mass is 10.2. The quantitative estimate of drug-likeness (QED) is 0.376. The lowest BCUT2D eigenvalue weighted by molar-refractivity contribution is 0.0954. The van der Waals surface area contributed by atoms with Gasteiger partial charge in [-0.1, -0.05) is 0 Å². The molecule has 1 amide bonds. The average molecular weight is 262 g/mol. The molecular weight excluding hydrogens is 252 g/mol. The van der Waals surface area contributed by atoms with Gasteiger partial charge in [-0.05, 0) is 24.3 Å². The van der Waals surface area contributed by atoms with Crippen LogP contribution in [0.25, 0.3) is 0 Å². The fraction of sp³-hybridized carbons (Fsp3) is 0. The lowest BCUT2D eigenvalue weighted by Gasteiger charge is -2.04. The van der Waals surface area contributed by atoms with Crippen molar-refractivity contribution in [2.45, 2.75) is 0 Å². The number of hydrogen-bond donors (Lipinski definition) is 4. The van der Waals surface area contributed by atoms with Crippen LogP contribution < -0.4 is 5.43 Å². The Hall–Kier alpha value is -2.96.